The molecule has 1 aliphatic carbocycles. The maximum absolute atomic E-state index is 13.9. The van der Waals surface area contributed by atoms with E-state index in [-0.39, 0.29) is 35.2 Å². The van der Waals surface area contributed by atoms with E-state index in [1.165, 1.54) is 12.1 Å². The fourth-order valence-electron chi connectivity index (χ4n) is 2.97. The number of rotatable bonds is 4. The first-order valence-electron chi connectivity index (χ1n) is 7.74. The topological polar surface area (TPSA) is 89.3 Å². The van der Waals surface area contributed by atoms with E-state index in [1.807, 2.05) is 0 Å². The molecule has 0 radical (unpaired) electrons. The first-order valence-corrected chi connectivity index (χ1v) is 9.63. The Balaban J connectivity index is 0.00000288. The Morgan fingerprint density at radius 2 is 2.04 bits per heavy atom. The molecule has 3 atom stereocenters. The second-order valence-corrected chi connectivity index (χ2v) is 8.30. The van der Waals surface area contributed by atoms with Crippen LogP contribution >= 0.6 is 12.4 Å². The number of carbonyl (C=O) groups is 1. The normalized spacial score (nSPS) is 22.3. The monoisotopic (exact) mass is 378 g/mol. The van der Waals surface area contributed by atoms with Crippen molar-refractivity contribution in [3.8, 4) is 0 Å². The summed E-state index contributed by atoms with van der Waals surface area (Å²) >= 11 is 0. The molecule has 8 heteroatoms. The molecular formula is C16H24ClFN2O3S. The highest BCUT2D eigenvalue weighted by molar-refractivity contribution is 7.90. The van der Waals surface area contributed by atoms with E-state index in [0.29, 0.717) is 12.0 Å². The van der Waals surface area contributed by atoms with Crippen molar-refractivity contribution in [1.29, 1.82) is 0 Å². The SMILES string of the molecule is CC(NC(=O)C1CCCC(N)C1)c1ccc(S(C)(=O)=O)c(F)c1.Cl. The van der Waals surface area contributed by atoms with E-state index in [4.69, 9.17) is 5.73 Å². The molecule has 1 amide bonds. The Hall–Kier alpha value is -1.18. The van der Waals surface area contributed by atoms with Crippen LogP contribution in [-0.4, -0.2) is 26.6 Å². The highest BCUT2D eigenvalue weighted by Crippen LogP contribution is 2.25. The molecule has 24 heavy (non-hydrogen) atoms. The van der Waals surface area contributed by atoms with Gasteiger partial charge in [-0.3, -0.25) is 4.79 Å². The standard InChI is InChI=1S/C16H23FN2O3S.ClH/c1-10(19-16(20)12-4-3-5-13(18)8-12)11-6-7-15(14(17)9-11)23(2,21)22;/h6-7,9-10,12-13H,3-5,8,18H2,1-2H3,(H,19,20);1H. The van der Waals surface area contributed by atoms with Gasteiger partial charge < -0.3 is 11.1 Å². The summed E-state index contributed by atoms with van der Waals surface area (Å²) in [6, 6.07) is 3.58. The highest BCUT2D eigenvalue weighted by atomic mass is 35.5. The minimum atomic E-state index is -3.60. The molecule has 2 rings (SSSR count). The highest BCUT2D eigenvalue weighted by Gasteiger charge is 2.26. The summed E-state index contributed by atoms with van der Waals surface area (Å²) in [5, 5.41) is 2.86. The molecule has 0 bridgehead atoms. The number of nitrogens with two attached hydrogens (primary N) is 1. The van der Waals surface area contributed by atoms with Gasteiger partial charge in [0.1, 0.15) is 10.7 Å². The Bertz CT molecular complexity index is 697. The second-order valence-electron chi connectivity index (χ2n) is 6.32. The molecule has 1 aromatic rings. The van der Waals surface area contributed by atoms with Crippen molar-refractivity contribution in [2.45, 2.75) is 49.6 Å². The predicted octanol–water partition coefficient (Wildman–Crippen LogP) is 2.35. The van der Waals surface area contributed by atoms with Crippen molar-refractivity contribution in [1.82, 2.24) is 5.32 Å². The van der Waals surface area contributed by atoms with E-state index in [0.717, 1.165) is 31.6 Å². The van der Waals surface area contributed by atoms with Gasteiger partial charge in [-0.05, 0) is 43.9 Å². The summed E-state index contributed by atoms with van der Waals surface area (Å²) in [5.41, 5.74) is 6.43. The number of halogens is 2. The van der Waals surface area contributed by atoms with Crippen LogP contribution in [-0.2, 0) is 14.6 Å². The Kier molecular flexibility index (Phi) is 7.19. The van der Waals surface area contributed by atoms with Gasteiger partial charge in [-0.25, -0.2) is 12.8 Å². The number of hydrogen-bond donors (Lipinski definition) is 2. The number of amides is 1. The lowest BCUT2D eigenvalue weighted by Crippen LogP contribution is -2.38. The zero-order chi connectivity index (χ0) is 17.2. The average Bonchev–Trinajstić information content (AvgIpc) is 2.45. The van der Waals surface area contributed by atoms with E-state index >= 15 is 0 Å². The lowest BCUT2D eigenvalue weighted by atomic mass is 9.85. The maximum Gasteiger partial charge on any atom is 0.223 e. The second kappa shape index (κ2) is 8.27. The number of hydrogen-bond acceptors (Lipinski definition) is 4. The van der Waals surface area contributed by atoms with Gasteiger partial charge in [0.25, 0.3) is 0 Å². The number of carbonyl (C=O) groups excluding carboxylic acids is 1. The van der Waals surface area contributed by atoms with Crippen LogP contribution in [0.1, 0.15) is 44.2 Å². The van der Waals surface area contributed by atoms with Gasteiger partial charge in [0.05, 0.1) is 6.04 Å². The van der Waals surface area contributed by atoms with Gasteiger partial charge in [0.15, 0.2) is 9.84 Å². The summed E-state index contributed by atoms with van der Waals surface area (Å²) in [7, 11) is -3.60. The zero-order valence-corrected chi connectivity index (χ0v) is 15.4. The fraction of sp³-hybridized carbons (Fsp3) is 0.562. The van der Waals surface area contributed by atoms with Crippen molar-refractivity contribution in [2.75, 3.05) is 6.26 Å². The van der Waals surface area contributed by atoms with E-state index in [2.05, 4.69) is 5.32 Å². The largest absolute Gasteiger partial charge is 0.349 e. The van der Waals surface area contributed by atoms with Crippen molar-refractivity contribution in [3.05, 3.63) is 29.6 Å². The van der Waals surface area contributed by atoms with Crippen molar-refractivity contribution in [2.24, 2.45) is 11.7 Å². The Morgan fingerprint density at radius 3 is 2.58 bits per heavy atom. The molecule has 1 fully saturated rings. The summed E-state index contributed by atoms with van der Waals surface area (Å²) in [6.45, 7) is 1.75. The molecule has 3 N–H and O–H groups in total. The lowest BCUT2D eigenvalue weighted by Gasteiger charge is -2.27. The maximum atomic E-state index is 13.9. The van der Waals surface area contributed by atoms with Gasteiger partial charge >= 0.3 is 0 Å². The smallest absolute Gasteiger partial charge is 0.223 e. The van der Waals surface area contributed by atoms with Gasteiger partial charge in [-0.2, -0.15) is 0 Å². The molecule has 136 valence electrons. The van der Waals surface area contributed by atoms with Crippen LogP contribution in [0.2, 0.25) is 0 Å². The molecule has 0 spiro atoms. The average molecular weight is 379 g/mol. The van der Waals surface area contributed by atoms with Gasteiger partial charge in [0, 0.05) is 18.2 Å². The van der Waals surface area contributed by atoms with E-state index in [1.54, 1.807) is 6.92 Å². The van der Waals surface area contributed by atoms with Crippen LogP contribution in [0.4, 0.5) is 4.39 Å². The summed E-state index contributed by atoms with van der Waals surface area (Å²) in [6.07, 6.45) is 4.32. The van der Waals surface area contributed by atoms with Gasteiger partial charge in [-0.15, -0.1) is 12.4 Å². The zero-order valence-electron chi connectivity index (χ0n) is 13.8. The van der Waals surface area contributed by atoms with Crippen LogP contribution in [0.25, 0.3) is 0 Å². The van der Waals surface area contributed by atoms with Gasteiger partial charge in [0.2, 0.25) is 5.91 Å². The van der Waals surface area contributed by atoms with Crippen LogP contribution in [0, 0.1) is 11.7 Å². The first kappa shape index (κ1) is 20.9. The molecule has 0 saturated heterocycles. The molecule has 0 aliphatic heterocycles. The van der Waals surface area contributed by atoms with Crippen molar-refractivity contribution in [3.63, 3.8) is 0 Å². The molecule has 1 aliphatic rings. The molecule has 3 unspecified atom stereocenters. The minimum Gasteiger partial charge on any atom is -0.349 e. The number of nitrogens with one attached hydrogen (secondary N) is 1. The van der Waals surface area contributed by atoms with Crippen molar-refractivity contribution < 1.29 is 17.6 Å². The minimum absolute atomic E-state index is 0. The Labute approximate surface area is 148 Å². The molecule has 0 heterocycles. The molecule has 1 saturated carbocycles. The van der Waals surface area contributed by atoms with E-state index in [9.17, 15) is 17.6 Å². The van der Waals surface area contributed by atoms with Crippen LogP contribution in [0.3, 0.4) is 0 Å². The van der Waals surface area contributed by atoms with Crippen LogP contribution in [0.15, 0.2) is 23.1 Å². The summed E-state index contributed by atoms with van der Waals surface area (Å²) in [5.74, 6) is -0.993. The van der Waals surface area contributed by atoms with Crippen molar-refractivity contribution >= 4 is 28.2 Å². The lowest BCUT2D eigenvalue weighted by molar-refractivity contribution is -0.126. The number of sulfone groups is 1. The third-order valence-corrected chi connectivity index (χ3v) is 5.43. The first-order chi connectivity index (χ1) is 10.7. The van der Waals surface area contributed by atoms with Crippen LogP contribution < -0.4 is 11.1 Å². The number of benzene rings is 1. The predicted molar refractivity (Wildman–Crippen MR) is 93.2 cm³/mol. The van der Waals surface area contributed by atoms with Crippen LogP contribution in [0.5, 0.6) is 0 Å². The molecular weight excluding hydrogens is 355 g/mol. The quantitative estimate of drug-likeness (QED) is 0.841. The molecule has 0 aromatic heterocycles. The molecule has 1 aromatic carbocycles. The van der Waals surface area contributed by atoms with Gasteiger partial charge in [-0.1, -0.05) is 12.5 Å². The van der Waals surface area contributed by atoms with E-state index < -0.39 is 21.7 Å². The fourth-order valence-corrected chi connectivity index (χ4v) is 3.70. The molecule has 5 nitrogen and oxygen atoms in total. The Morgan fingerprint density at radius 1 is 1.38 bits per heavy atom. The third kappa shape index (κ3) is 5.16. The third-order valence-electron chi connectivity index (χ3n) is 4.30. The summed E-state index contributed by atoms with van der Waals surface area (Å²) < 4.78 is 36.8. The summed E-state index contributed by atoms with van der Waals surface area (Å²) in [4.78, 5) is 11.9.